The van der Waals surface area contributed by atoms with Crippen molar-refractivity contribution < 1.29 is 14.1 Å². The summed E-state index contributed by atoms with van der Waals surface area (Å²) < 4.78 is 4.92. The van der Waals surface area contributed by atoms with E-state index in [0.29, 0.717) is 35.1 Å². The van der Waals surface area contributed by atoms with Gasteiger partial charge in [-0.2, -0.15) is 0 Å². The van der Waals surface area contributed by atoms with Gasteiger partial charge in [-0.25, -0.2) is 0 Å². The first kappa shape index (κ1) is 15.6. The van der Waals surface area contributed by atoms with E-state index in [1.54, 1.807) is 42.2 Å². The molecule has 0 bridgehead atoms. The van der Waals surface area contributed by atoms with E-state index < -0.39 is 6.04 Å². The number of carbonyl (C=O) groups excluding carboxylic acids is 2. The molecule has 0 radical (unpaired) electrons. The maximum absolute atomic E-state index is 12.7. The van der Waals surface area contributed by atoms with Gasteiger partial charge < -0.3 is 14.7 Å². The Labute approximate surface area is 138 Å². The predicted molar refractivity (Wildman–Crippen MR) is 85.4 cm³/mol. The maximum Gasteiger partial charge on any atom is 0.256 e. The van der Waals surface area contributed by atoms with Crippen molar-refractivity contribution in [3.8, 4) is 0 Å². The smallest absolute Gasteiger partial charge is 0.256 e. The van der Waals surface area contributed by atoms with E-state index in [1.807, 2.05) is 0 Å². The molecule has 0 spiro atoms. The molecule has 1 aliphatic rings. The van der Waals surface area contributed by atoms with E-state index in [2.05, 4.69) is 10.5 Å². The SMILES string of the molecule is Cc1cc(NC(=O)[C@@H]2CCCN2C(=O)c2ccccc2Cl)no1. The third kappa shape index (κ3) is 3.22. The first-order chi connectivity index (χ1) is 11.1. The van der Waals surface area contributed by atoms with Crippen molar-refractivity contribution in [2.45, 2.75) is 25.8 Å². The molecule has 120 valence electrons. The first-order valence-corrected chi connectivity index (χ1v) is 7.74. The van der Waals surface area contributed by atoms with Crippen LogP contribution in [0, 0.1) is 6.92 Å². The second-order valence-electron chi connectivity index (χ2n) is 5.45. The van der Waals surface area contributed by atoms with Crippen LogP contribution in [0.15, 0.2) is 34.9 Å². The van der Waals surface area contributed by atoms with Gasteiger partial charge in [-0.15, -0.1) is 0 Å². The number of anilines is 1. The lowest BCUT2D eigenvalue weighted by molar-refractivity contribution is -0.119. The van der Waals surface area contributed by atoms with Crippen molar-refractivity contribution in [3.05, 3.63) is 46.7 Å². The highest BCUT2D eigenvalue weighted by Crippen LogP contribution is 2.24. The van der Waals surface area contributed by atoms with Gasteiger partial charge in [0.05, 0.1) is 10.6 Å². The molecule has 0 saturated carbocycles. The summed E-state index contributed by atoms with van der Waals surface area (Å²) >= 11 is 6.09. The highest BCUT2D eigenvalue weighted by atomic mass is 35.5. The van der Waals surface area contributed by atoms with E-state index in [4.69, 9.17) is 16.1 Å². The number of carbonyl (C=O) groups is 2. The average molecular weight is 334 g/mol. The van der Waals surface area contributed by atoms with Gasteiger partial charge in [0, 0.05) is 12.6 Å². The van der Waals surface area contributed by atoms with Crippen LogP contribution in [-0.4, -0.2) is 34.5 Å². The number of benzene rings is 1. The number of hydrogen-bond donors (Lipinski definition) is 1. The van der Waals surface area contributed by atoms with E-state index in [1.165, 1.54) is 0 Å². The number of aryl methyl sites for hydroxylation is 1. The number of amides is 2. The standard InChI is InChI=1S/C16H16ClN3O3/c1-10-9-14(19-23-10)18-15(21)13-7-4-8-20(13)16(22)11-5-2-3-6-12(11)17/h2-3,5-6,9,13H,4,7-8H2,1H3,(H,18,19,21)/t13-/m0/s1. The van der Waals surface area contributed by atoms with Gasteiger partial charge in [0.1, 0.15) is 11.8 Å². The van der Waals surface area contributed by atoms with Crippen LogP contribution in [0.5, 0.6) is 0 Å². The highest BCUT2D eigenvalue weighted by molar-refractivity contribution is 6.33. The number of nitrogens with zero attached hydrogens (tertiary/aromatic N) is 2. The van der Waals surface area contributed by atoms with Crippen LogP contribution in [0.25, 0.3) is 0 Å². The van der Waals surface area contributed by atoms with Crippen molar-refractivity contribution in [2.24, 2.45) is 0 Å². The molecule has 6 nitrogen and oxygen atoms in total. The van der Waals surface area contributed by atoms with Crippen molar-refractivity contribution in [2.75, 3.05) is 11.9 Å². The molecule has 1 aliphatic heterocycles. The summed E-state index contributed by atoms with van der Waals surface area (Å²) in [4.78, 5) is 26.7. The second-order valence-corrected chi connectivity index (χ2v) is 5.86. The Kier molecular flexibility index (Phi) is 4.34. The minimum atomic E-state index is -0.532. The summed E-state index contributed by atoms with van der Waals surface area (Å²) in [6.45, 7) is 2.27. The van der Waals surface area contributed by atoms with Crippen molar-refractivity contribution in [3.63, 3.8) is 0 Å². The van der Waals surface area contributed by atoms with Crippen molar-refractivity contribution in [1.82, 2.24) is 10.1 Å². The van der Waals surface area contributed by atoms with Crippen molar-refractivity contribution in [1.29, 1.82) is 0 Å². The molecule has 1 atom stereocenters. The zero-order valence-corrected chi connectivity index (χ0v) is 13.3. The number of halogens is 1. The number of hydrogen-bond acceptors (Lipinski definition) is 4. The summed E-state index contributed by atoms with van der Waals surface area (Å²) in [5.41, 5.74) is 0.408. The van der Waals surface area contributed by atoms with E-state index in [-0.39, 0.29) is 11.8 Å². The number of nitrogens with one attached hydrogen (secondary N) is 1. The molecule has 0 aliphatic carbocycles. The molecule has 0 unspecified atom stereocenters. The van der Waals surface area contributed by atoms with Gasteiger partial charge in [-0.1, -0.05) is 28.9 Å². The predicted octanol–water partition coefficient (Wildman–Crippen LogP) is 2.88. The minimum Gasteiger partial charge on any atom is -0.360 e. The van der Waals surface area contributed by atoms with Crippen LogP contribution < -0.4 is 5.32 Å². The quantitative estimate of drug-likeness (QED) is 0.937. The van der Waals surface area contributed by atoms with Crippen LogP contribution >= 0.6 is 11.6 Å². The Morgan fingerprint density at radius 1 is 1.39 bits per heavy atom. The van der Waals surface area contributed by atoms with E-state index in [9.17, 15) is 9.59 Å². The van der Waals surface area contributed by atoms with Crippen molar-refractivity contribution >= 4 is 29.2 Å². The van der Waals surface area contributed by atoms with Gasteiger partial charge in [0.25, 0.3) is 5.91 Å². The average Bonchev–Trinajstić information content (AvgIpc) is 3.16. The molecule has 2 heterocycles. The molecule has 3 rings (SSSR count). The molecule has 7 heteroatoms. The molecule has 1 N–H and O–H groups in total. The Morgan fingerprint density at radius 2 is 2.17 bits per heavy atom. The molecule has 1 saturated heterocycles. The van der Waals surface area contributed by atoms with Crippen LogP contribution in [0.2, 0.25) is 5.02 Å². The molecular formula is C16H16ClN3O3. The lowest BCUT2D eigenvalue weighted by Crippen LogP contribution is -2.43. The summed E-state index contributed by atoms with van der Waals surface area (Å²) in [7, 11) is 0. The topological polar surface area (TPSA) is 75.4 Å². The Hall–Kier alpha value is -2.34. The summed E-state index contributed by atoms with van der Waals surface area (Å²) in [5.74, 6) is 0.459. The third-order valence-electron chi connectivity index (χ3n) is 3.80. The van der Waals surface area contributed by atoms with Crippen LogP contribution in [-0.2, 0) is 4.79 Å². The molecule has 1 fully saturated rings. The number of likely N-dealkylation sites (tertiary alicyclic amines) is 1. The van der Waals surface area contributed by atoms with Gasteiger partial charge >= 0.3 is 0 Å². The van der Waals surface area contributed by atoms with Gasteiger partial charge in [0.15, 0.2) is 5.82 Å². The minimum absolute atomic E-state index is 0.232. The first-order valence-electron chi connectivity index (χ1n) is 7.36. The molecular weight excluding hydrogens is 318 g/mol. The van der Waals surface area contributed by atoms with Crippen LogP contribution in [0.4, 0.5) is 5.82 Å². The number of aromatic nitrogens is 1. The Morgan fingerprint density at radius 3 is 2.87 bits per heavy atom. The summed E-state index contributed by atoms with van der Waals surface area (Å²) in [6, 6.07) is 7.95. The third-order valence-corrected chi connectivity index (χ3v) is 4.13. The fourth-order valence-electron chi connectivity index (χ4n) is 2.71. The molecule has 2 aromatic rings. The van der Waals surface area contributed by atoms with E-state index in [0.717, 1.165) is 6.42 Å². The Balaban J connectivity index is 1.76. The largest absolute Gasteiger partial charge is 0.360 e. The monoisotopic (exact) mass is 333 g/mol. The van der Waals surface area contributed by atoms with Gasteiger partial charge in [-0.05, 0) is 31.9 Å². The lowest BCUT2D eigenvalue weighted by atomic mass is 10.1. The highest BCUT2D eigenvalue weighted by Gasteiger charge is 2.35. The van der Waals surface area contributed by atoms with Crippen LogP contribution in [0.1, 0.15) is 29.0 Å². The normalized spacial score (nSPS) is 17.3. The van der Waals surface area contributed by atoms with Crippen LogP contribution in [0.3, 0.4) is 0 Å². The van der Waals surface area contributed by atoms with E-state index >= 15 is 0 Å². The molecule has 2 amide bonds. The van der Waals surface area contributed by atoms with Gasteiger partial charge in [-0.3, -0.25) is 9.59 Å². The fourth-order valence-corrected chi connectivity index (χ4v) is 2.92. The summed E-state index contributed by atoms with van der Waals surface area (Å²) in [6.07, 6.45) is 1.38. The molecule has 1 aromatic carbocycles. The zero-order valence-electron chi connectivity index (χ0n) is 12.6. The molecule has 1 aromatic heterocycles. The fraction of sp³-hybridized carbons (Fsp3) is 0.312. The lowest BCUT2D eigenvalue weighted by Gasteiger charge is -2.24. The zero-order chi connectivity index (χ0) is 16.4. The second kappa shape index (κ2) is 6.42. The maximum atomic E-state index is 12.7. The molecule has 23 heavy (non-hydrogen) atoms. The number of rotatable bonds is 3. The Bertz CT molecular complexity index is 744. The summed E-state index contributed by atoms with van der Waals surface area (Å²) in [5, 5.41) is 6.81. The van der Waals surface area contributed by atoms with Gasteiger partial charge in [0.2, 0.25) is 5.91 Å².